The summed E-state index contributed by atoms with van der Waals surface area (Å²) < 4.78 is 5.44. The van der Waals surface area contributed by atoms with Gasteiger partial charge in [-0.05, 0) is 56.7 Å². The summed E-state index contributed by atoms with van der Waals surface area (Å²) in [7, 11) is 0. The Morgan fingerprint density at radius 2 is 1.84 bits per heavy atom. The number of carbonyl (C=O) groups is 1. The van der Waals surface area contributed by atoms with Crippen LogP contribution >= 0.6 is 0 Å². The van der Waals surface area contributed by atoms with E-state index < -0.39 is 0 Å². The molecule has 4 nitrogen and oxygen atoms in total. The number of carbonyl (C=O) groups excluding carboxylic acids is 1. The zero-order chi connectivity index (χ0) is 17.2. The fraction of sp³-hybridized carbons (Fsp3) is 0.476. The minimum atomic E-state index is -0.0739. The van der Waals surface area contributed by atoms with Crippen LogP contribution < -0.4 is 5.32 Å². The highest BCUT2D eigenvalue weighted by atomic mass is 16.3. The number of benzene rings is 1. The molecule has 0 radical (unpaired) electrons. The third-order valence-electron chi connectivity index (χ3n) is 5.69. The van der Waals surface area contributed by atoms with Crippen LogP contribution in [0.1, 0.15) is 47.6 Å². The number of rotatable bonds is 5. The molecule has 132 valence electrons. The third-order valence-corrected chi connectivity index (χ3v) is 5.69. The van der Waals surface area contributed by atoms with Crippen LogP contribution in [0.25, 0.3) is 0 Å². The second-order valence-corrected chi connectivity index (χ2v) is 7.41. The van der Waals surface area contributed by atoms with E-state index in [4.69, 9.17) is 4.42 Å². The number of furan rings is 1. The van der Waals surface area contributed by atoms with E-state index in [0.29, 0.717) is 17.8 Å². The highest BCUT2D eigenvalue weighted by Gasteiger charge is 2.40. The Kier molecular flexibility index (Phi) is 4.62. The first-order valence-electron chi connectivity index (χ1n) is 9.36. The van der Waals surface area contributed by atoms with E-state index in [1.54, 1.807) is 6.07 Å². The fourth-order valence-corrected chi connectivity index (χ4v) is 4.47. The average Bonchev–Trinajstić information content (AvgIpc) is 3.15. The maximum absolute atomic E-state index is 12.3. The van der Waals surface area contributed by atoms with Crippen LogP contribution in [-0.2, 0) is 6.42 Å². The van der Waals surface area contributed by atoms with E-state index in [0.717, 1.165) is 31.6 Å². The molecule has 4 rings (SSSR count). The number of nitrogens with zero attached hydrogens (tertiary/aromatic N) is 1. The molecule has 0 aliphatic carbocycles. The number of piperidine rings is 1. The number of hydrogen-bond donors (Lipinski definition) is 1. The Balaban J connectivity index is 1.33. The minimum Gasteiger partial charge on any atom is -0.456 e. The van der Waals surface area contributed by atoms with Crippen LogP contribution in [0.4, 0.5) is 0 Å². The van der Waals surface area contributed by atoms with Crippen molar-refractivity contribution < 1.29 is 9.21 Å². The molecule has 1 N–H and O–H groups in total. The maximum atomic E-state index is 12.3. The van der Waals surface area contributed by atoms with Crippen molar-refractivity contribution in [3.05, 3.63) is 59.5 Å². The third kappa shape index (κ3) is 3.64. The summed E-state index contributed by atoms with van der Waals surface area (Å²) in [5.41, 5.74) is 1.41. The maximum Gasteiger partial charge on any atom is 0.287 e. The molecule has 1 amide bonds. The molecule has 2 aliphatic rings. The molecule has 2 saturated heterocycles. The zero-order valence-corrected chi connectivity index (χ0v) is 14.8. The average molecular weight is 338 g/mol. The zero-order valence-electron chi connectivity index (χ0n) is 14.8. The van der Waals surface area contributed by atoms with Crippen molar-refractivity contribution >= 4 is 5.91 Å². The quantitative estimate of drug-likeness (QED) is 0.907. The first-order valence-corrected chi connectivity index (χ1v) is 9.36. The standard InChI is InChI=1S/C21H26N2O2/c1-15-7-10-20(25-15)21(24)22-17-13-18-8-9-19(14-17)23(18)12-11-16-5-3-2-4-6-16/h2-7,10,17-19H,8-9,11-14H2,1H3,(H,22,24). The van der Waals surface area contributed by atoms with Gasteiger partial charge in [0, 0.05) is 24.7 Å². The van der Waals surface area contributed by atoms with Crippen LogP contribution in [0.15, 0.2) is 46.9 Å². The van der Waals surface area contributed by atoms with Gasteiger partial charge in [0.2, 0.25) is 0 Å². The topological polar surface area (TPSA) is 45.5 Å². The molecule has 2 unspecified atom stereocenters. The lowest BCUT2D eigenvalue weighted by atomic mass is 9.96. The number of hydrogen-bond acceptors (Lipinski definition) is 3. The van der Waals surface area contributed by atoms with Gasteiger partial charge in [-0.15, -0.1) is 0 Å². The molecule has 3 heterocycles. The van der Waals surface area contributed by atoms with E-state index in [1.165, 1.54) is 18.4 Å². The Morgan fingerprint density at radius 1 is 1.12 bits per heavy atom. The number of aryl methyl sites for hydroxylation is 1. The number of amides is 1. The summed E-state index contributed by atoms with van der Waals surface area (Å²) in [4.78, 5) is 15.0. The van der Waals surface area contributed by atoms with Crippen LogP contribution in [0.3, 0.4) is 0 Å². The van der Waals surface area contributed by atoms with Crippen molar-refractivity contribution in [2.75, 3.05) is 6.54 Å². The molecule has 25 heavy (non-hydrogen) atoms. The summed E-state index contributed by atoms with van der Waals surface area (Å²) in [5, 5.41) is 3.18. The van der Waals surface area contributed by atoms with Gasteiger partial charge in [-0.3, -0.25) is 9.69 Å². The van der Waals surface area contributed by atoms with Crippen molar-refractivity contribution in [1.29, 1.82) is 0 Å². The lowest BCUT2D eigenvalue weighted by molar-refractivity contribution is 0.0822. The van der Waals surface area contributed by atoms with Gasteiger partial charge in [0.25, 0.3) is 5.91 Å². The molecule has 2 atom stereocenters. The van der Waals surface area contributed by atoms with E-state index in [2.05, 4.69) is 40.5 Å². The van der Waals surface area contributed by atoms with Crippen molar-refractivity contribution in [2.45, 2.75) is 57.2 Å². The highest BCUT2D eigenvalue weighted by Crippen LogP contribution is 2.35. The summed E-state index contributed by atoms with van der Waals surface area (Å²) in [5.74, 6) is 1.13. The van der Waals surface area contributed by atoms with E-state index in [9.17, 15) is 4.79 Å². The predicted octanol–water partition coefficient (Wildman–Crippen LogP) is 3.56. The summed E-state index contributed by atoms with van der Waals surface area (Å²) in [6.45, 7) is 2.99. The molecule has 1 aromatic heterocycles. The molecule has 4 heteroatoms. The van der Waals surface area contributed by atoms with Crippen molar-refractivity contribution in [1.82, 2.24) is 10.2 Å². The van der Waals surface area contributed by atoms with Crippen molar-refractivity contribution in [3.8, 4) is 0 Å². The highest BCUT2D eigenvalue weighted by molar-refractivity contribution is 5.91. The molecule has 2 aliphatic heterocycles. The van der Waals surface area contributed by atoms with Gasteiger partial charge >= 0.3 is 0 Å². The Bertz CT molecular complexity index is 711. The Hall–Kier alpha value is -2.07. The smallest absolute Gasteiger partial charge is 0.287 e. The van der Waals surface area contributed by atoms with Gasteiger partial charge in [-0.1, -0.05) is 30.3 Å². The van der Waals surface area contributed by atoms with Crippen LogP contribution in [0.2, 0.25) is 0 Å². The summed E-state index contributed by atoms with van der Waals surface area (Å²) in [6, 6.07) is 15.8. The van der Waals surface area contributed by atoms with Gasteiger partial charge in [-0.2, -0.15) is 0 Å². The molecular formula is C21H26N2O2. The number of fused-ring (bicyclic) bond motifs is 2. The largest absolute Gasteiger partial charge is 0.456 e. The Labute approximate surface area is 149 Å². The van der Waals surface area contributed by atoms with Crippen molar-refractivity contribution in [3.63, 3.8) is 0 Å². The van der Waals surface area contributed by atoms with E-state index >= 15 is 0 Å². The minimum absolute atomic E-state index is 0.0739. The predicted molar refractivity (Wildman–Crippen MR) is 97.6 cm³/mol. The van der Waals surface area contributed by atoms with Crippen molar-refractivity contribution in [2.24, 2.45) is 0 Å². The monoisotopic (exact) mass is 338 g/mol. The summed E-state index contributed by atoms with van der Waals surface area (Å²) in [6.07, 6.45) is 5.72. The van der Waals surface area contributed by atoms with Gasteiger partial charge in [-0.25, -0.2) is 0 Å². The normalized spacial score (nSPS) is 25.9. The van der Waals surface area contributed by atoms with Crippen LogP contribution in [-0.4, -0.2) is 35.5 Å². The van der Waals surface area contributed by atoms with Crippen LogP contribution in [0.5, 0.6) is 0 Å². The molecule has 2 fully saturated rings. The van der Waals surface area contributed by atoms with Gasteiger partial charge in [0.15, 0.2) is 5.76 Å². The number of nitrogens with one attached hydrogen (secondary N) is 1. The molecule has 0 saturated carbocycles. The lowest BCUT2D eigenvalue weighted by Gasteiger charge is -2.39. The Morgan fingerprint density at radius 3 is 2.48 bits per heavy atom. The van der Waals surface area contributed by atoms with E-state index in [1.807, 2.05) is 13.0 Å². The molecule has 2 bridgehead atoms. The first-order chi connectivity index (χ1) is 12.2. The van der Waals surface area contributed by atoms with Gasteiger partial charge in [0.05, 0.1) is 0 Å². The second kappa shape index (κ2) is 7.04. The summed E-state index contributed by atoms with van der Waals surface area (Å²) >= 11 is 0. The van der Waals surface area contributed by atoms with Crippen LogP contribution in [0, 0.1) is 6.92 Å². The fourth-order valence-electron chi connectivity index (χ4n) is 4.47. The lowest BCUT2D eigenvalue weighted by Crippen LogP contribution is -2.50. The SMILES string of the molecule is Cc1ccc(C(=O)NC2CC3CCC(C2)N3CCc2ccccc2)o1. The van der Waals surface area contributed by atoms with Gasteiger partial charge < -0.3 is 9.73 Å². The molecule has 2 aromatic rings. The van der Waals surface area contributed by atoms with E-state index in [-0.39, 0.29) is 11.9 Å². The first kappa shape index (κ1) is 16.4. The molecule has 1 aromatic carbocycles. The molecule has 0 spiro atoms. The molecular weight excluding hydrogens is 312 g/mol. The van der Waals surface area contributed by atoms with Gasteiger partial charge in [0.1, 0.15) is 5.76 Å². The second-order valence-electron chi connectivity index (χ2n) is 7.41.